The molecule has 0 nitrogen and oxygen atoms in total. The predicted molar refractivity (Wildman–Crippen MR) is 67.4 cm³/mol. The number of thiol groups is 1. The molecule has 0 N–H and O–H groups in total. The van der Waals surface area contributed by atoms with Crippen LogP contribution in [0.15, 0.2) is 42.5 Å². The van der Waals surface area contributed by atoms with E-state index >= 15 is 0 Å². The molecular formula is C14H12S. The molecule has 0 unspecified atom stereocenters. The van der Waals surface area contributed by atoms with Crippen molar-refractivity contribution >= 4 is 12.6 Å². The van der Waals surface area contributed by atoms with E-state index in [1.807, 2.05) is 0 Å². The summed E-state index contributed by atoms with van der Waals surface area (Å²) in [4.78, 5) is 0. The fraction of sp³-hybridized carbons (Fsp3) is 0.143. The minimum Gasteiger partial charge on any atom is -0.175 e. The highest BCUT2D eigenvalue weighted by Gasteiger charge is 2.17. The quantitative estimate of drug-likeness (QED) is 0.584. The van der Waals surface area contributed by atoms with Crippen LogP contribution >= 0.6 is 12.6 Å². The van der Waals surface area contributed by atoms with Gasteiger partial charge in [0.05, 0.1) is 0 Å². The smallest absolute Gasteiger partial charge is 0.0154 e. The van der Waals surface area contributed by atoms with E-state index in [2.05, 4.69) is 55.1 Å². The molecule has 0 saturated heterocycles. The Kier molecular flexibility index (Phi) is 2.06. The fourth-order valence-corrected chi connectivity index (χ4v) is 2.49. The first kappa shape index (κ1) is 9.05. The highest BCUT2D eigenvalue weighted by Crippen LogP contribution is 2.36. The molecule has 1 aliphatic rings. The second kappa shape index (κ2) is 3.42. The molecule has 0 heterocycles. The highest BCUT2D eigenvalue weighted by molar-refractivity contribution is 7.79. The molecule has 0 atom stereocenters. The largest absolute Gasteiger partial charge is 0.175 e. The van der Waals surface area contributed by atoms with Crippen LogP contribution in [0.25, 0.3) is 11.1 Å². The van der Waals surface area contributed by atoms with Crippen molar-refractivity contribution in [2.75, 3.05) is 0 Å². The summed E-state index contributed by atoms with van der Waals surface area (Å²) >= 11 is 4.31. The molecule has 74 valence electrons. The van der Waals surface area contributed by atoms with Gasteiger partial charge in [0.2, 0.25) is 0 Å². The van der Waals surface area contributed by atoms with Gasteiger partial charge in [-0.05, 0) is 34.2 Å². The normalized spacial score (nSPS) is 12.3. The standard InChI is InChI=1S/C14H12S/c15-9-10-5-6-14-12(7-10)8-11-3-1-2-4-13(11)14/h1-7,15H,8-9H2. The Hall–Kier alpha value is -1.21. The Bertz CT molecular complexity index is 514. The van der Waals surface area contributed by atoms with Crippen LogP contribution in [-0.4, -0.2) is 0 Å². The summed E-state index contributed by atoms with van der Waals surface area (Å²) in [5.74, 6) is 0.823. The minimum atomic E-state index is 0.823. The fourth-order valence-electron chi connectivity index (χ4n) is 2.30. The Balaban J connectivity index is 2.18. The number of benzene rings is 2. The molecular weight excluding hydrogens is 200 g/mol. The monoisotopic (exact) mass is 212 g/mol. The lowest BCUT2D eigenvalue weighted by atomic mass is 10.0. The van der Waals surface area contributed by atoms with E-state index < -0.39 is 0 Å². The van der Waals surface area contributed by atoms with Gasteiger partial charge in [0.1, 0.15) is 0 Å². The SMILES string of the molecule is SCc1ccc2c(c1)Cc1ccccc1-2. The zero-order valence-electron chi connectivity index (χ0n) is 8.40. The van der Waals surface area contributed by atoms with Crippen molar-refractivity contribution in [3.8, 4) is 11.1 Å². The first-order valence-corrected chi connectivity index (χ1v) is 5.82. The van der Waals surface area contributed by atoms with Gasteiger partial charge >= 0.3 is 0 Å². The van der Waals surface area contributed by atoms with Crippen LogP contribution < -0.4 is 0 Å². The Morgan fingerprint density at radius 3 is 2.60 bits per heavy atom. The van der Waals surface area contributed by atoms with Gasteiger partial charge in [-0.1, -0.05) is 42.5 Å². The van der Waals surface area contributed by atoms with Crippen LogP contribution in [0.1, 0.15) is 16.7 Å². The van der Waals surface area contributed by atoms with Crippen LogP contribution in [0.3, 0.4) is 0 Å². The third kappa shape index (κ3) is 1.38. The molecule has 0 radical (unpaired) electrons. The molecule has 1 heteroatoms. The van der Waals surface area contributed by atoms with Crippen molar-refractivity contribution in [3.05, 3.63) is 59.2 Å². The van der Waals surface area contributed by atoms with E-state index in [0.717, 1.165) is 12.2 Å². The molecule has 15 heavy (non-hydrogen) atoms. The summed E-state index contributed by atoms with van der Waals surface area (Å²) in [5, 5.41) is 0. The Labute approximate surface area is 95.4 Å². The second-order valence-electron chi connectivity index (χ2n) is 3.98. The van der Waals surface area contributed by atoms with Crippen molar-refractivity contribution in [1.29, 1.82) is 0 Å². The van der Waals surface area contributed by atoms with Crippen molar-refractivity contribution in [3.63, 3.8) is 0 Å². The highest BCUT2D eigenvalue weighted by atomic mass is 32.1. The molecule has 0 bridgehead atoms. The topological polar surface area (TPSA) is 0 Å². The summed E-state index contributed by atoms with van der Waals surface area (Å²) in [6.07, 6.45) is 1.08. The summed E-state index contributed by atoms with van der Waals surface area (Å²) in [7, 11) is 0. The van der Waals surface area contributed by atoms with Gasteiger partial charge in [-0.15, -0.1) is 0 Å². The average molecular weight is 212 g/mol. The van der Waals surface area contributed by atoms with Crippen molar-refractivity contribution in [2.24, 2.45) is 0 Å². The predicted octanol–water partition coefficient (Wildman–Crippen LogP) is 3.69. The van der Waals surface area contributed by atoms with E-state index in [1.165, 1.54) is 27.8 Å². The number of fused-ring (bicyclic) bond motifs is 3. The molecule has 0 aromatic heterocycles. The van der Waals surface area contributed by atoms with E-state index in [9.17, 15) is 0 Å². The van der Waals surface area contributed by atoms with Crippen LogP contribution in [0, 0.1) is 0 Å². The molecule has 0 saturated carbocycles. The Morgan fingerprint density at radius 2 is 1.73 bits per heavy atom. The molecule has 2 aromatic rings. The summed E-state index contributed by atoms with van der Waals surface area (Å²) < 4.78 is 0. The lowest BCUT2D eigenvalue weighted by Crippen LogP contribution is -1.83. The molecule has 1 aliphatic carbocycles. The lowest BCUT2D eigenvalue weighted by Gasteiger charge is -2.02. The van der Waals surface area contributed by atoms with Crippen molar-refractivity contribution < 1.29 is 0 Å². The third-order valence-electron chi connectivity index (χ3n) is 3.04. The number of hydrogen-bond donors (Lipinski definition) is 1. The zero-order chi connectivity index (χ0) is 10.3. The number of hydrogen-bond acceptors (Lipinski definition) is 1. The van der Waals surface area contributed by atoms with Crippen LogP contribution in [0.4, 0.5) is 0 Å². The molecule has 2 aromatic carbocycles. The van der Waals surface area contributed by atoms with Gasteiger partial charge in [-0.2, -0.15) is 12.6 Å². The van der Waals surface area contributed by atoms with Gasteiger partial charge in [0.25, 0.3) is 0 Å². The van der Waals surface area contributed by atoms with E-state index in [4.69, 9.17) is 0 Å². The van der Waals surface area contributed by atoms with Crippen molar-refractivity contribution in [1.82, 2.24) is 0 Å². The first-order valence-electron chi connectivity index (χ1n) is 5.19. The third-order valence-corrected chi connectivity index (χ3v) is 3.41. The van der Waals surface area contributed by atoms with Crippen LogP contribution in [-0.2, 0) is 12.2 Å². The van der Waals surface area contributed by atoms with Crippen molar-refractivity contribution in [2.45, 2.75) is 12.2 Å². The maximum absolute atomic E-state index is 4.31. The van der Waals surface area contributed by atoms with Gasteiger partial charge in [-0.25, -0.2) is 0 Å². The van der Waals surface area contributed by atoms with Gasteiger partial charge in [0, 0.05) is 5.75 Å². The van der Waals surface area contributed by atoms with E-state index in [1.54, 1.807) is 0 Å². The van der Waals surface area contributed by atoms with Gasteiger partial charge < -0.3 is 0 Å². The summed E-state index contributed by atoms with van der Waals surface area (Å²) in [6.45, 7) is 0. The molecule has 0 fully saturated rings. The second-order valence-corrected chi connectivity index (χ2v) is 4.30. The molecule has 0 amide bonds. The van der Waals surface area contributed by atoms with Gasteiger partial charge in [0.15, 0.2) is 0 Å². The zero-order valence-corrected chi connectivity index (χ0v) is 9.30. The van der Waals surface area contributed by atoms with Crippen LogP contribution in [0.2, 0.25) is 0 Å². The van der Waals surface area contributed by atoms with E-state index in [-0.39, 0.29) is 0 Å². The Morgan fingerprint density at radius 1 is 0.933 bits per heavy atom. The molecule has 3 rings (SSSR count). The lowest BCUT2D eigenvalue weighted by molar-refractivity contribution is 1.24. The van der Waals surface area contributed by atoms with Gasteiger partial charge in [-0.3, -0.25) is 0 Å². The maximum Gasteiger partial charge on any atom is 0.0154 e. The minimum absolute atomic E-state index is 0.823. The number of rotatable bonds is 1. The summed E-state index contributed by atoms with van der Waals surface area (Å²) in [6, 6.07) is 15.3. The first-order chi connectivity index (χ1) is 7.38. The van der Waals surface area contributed by atoms with E-state index in [0.29, 0.717) is 0 Å². The maximum atomic E-state index is 4.31. The summed E-state index contributed by atoms with van der Waals surface area (Å²) in [5.41, 5.74) is 7.01. The molecule has 0 spiro atoms. The van der Waals surface area contributed by atoms with Crippen LogP contribution in [0.5, 0.6) is 0 Å². The molecule has 0 aliphatic heterocycles. The average Bonchev–Trinajstić information content (AvgIpc) is 2.66.